The quantitative estimate of drug-likeness (QED) is 0.884. The second-order valence-electron chi connectivity index (χ2n) is 4.02. The van der Waals surface area contributed by atoms with Crippen LogP contribution in [0, 0.1) is 0 Å². The summed E-state index contributed by atoms with van der Waals surface area (Å²) in [5.41, 5.74) is 0.975. The monoisotopic (exact) mass is 247 g/mol. The van der Waals surface area contributed by atoms with Gasteiger partial charge in [-0.1, -0.05) is 0 Å². The summed E-state index contributed by atoms with van der Waals surface area (Å²) in [6.07, 6.45) is -0.181. The van der Waals surface area contributed by atoms with Crippen LogP contribution in [0.15, 0.2) is 29.1 Å². The summed E-state index contributed by atoms with van der Waals surface area (Å²) in [6.45, 7) is 0. The number of nitrogens with zero attached hydrogens (tertiary/aromatic N) is 1. The number of carboxylic acid groups (broad SMARTS) is 1. The SMILES string of the molecule is COc1ccc2c(c1)c(CC(=O)O)cc(=O)n2C. The molecule has 0 amide bonds. The Morgan fingerprint density at radius 2 is 2.11 bits per heavy atom. The molecule has 0 bridgehead atoms. The average molecular weight is 247 g/mol. The van der Waals surface area contributed by atoms with Crippen molar-refractivity contribution in [2.45, 2.75) is 6.42 Å². The second kappa shape index (κ2) is 4.52. The fourth-order valence-electron chi connectivity index (χ4n) is 1.94. The molecule has 0 aliphatic carbocycles. The first-order valence-corrected chi connectivity index (χ1v) is 5.41. The third kappa shape index (κ3) is 2.07. The Hall–Kier alpha value is -2.30. The zero-order valence-corrected chi connectivity index (χ0v) is 10.1. The van der Waals surface area contributed by atoms with Crippen molar-refractivity contribution in [2.24, 2.45) is 7.05 Å². The first-order valence-electron chi connectivity index (χ1n) is 5.41. The van der Waals surface area contributed by atoms with Crippen LogP contribution in [0.3, 0.4) is 0 Å². The van der Waals surface area contributed by atoms with Crippen LogP contribution in [0.4, 0.5) is 0 Å². The van der Waals surface area contributed by atoms with E-state index < -0.39 is 5.97 Å². The van der Waals surface area contributed by atoms with Gasteiger partial charge in [0.25, 0.3) is 5.56 Å². The number of aryl methyl sites for hydroxylation is 1. The Bertz CT molecular complexity index is 672. The number of hydrogen-bond acceptors (Lipinski definition) is 3. The van der Waals surface area contributed by atoms with Crippen molar-refractivity contribution < 1.29 is 14.6 Å². The molecule has 94 valence electrons. The Morgan fingerprint density at radius 1 is 1.39 bits per heavy atom. The molecule has 0 aliphatic rings. The van der Waals surface area contributed by atoms with Crippen molar-refractivity contribution in [3.8, 4) is 5.75 Å². The molecular weight excluding hydrogens is 234 g/mol. The van der Waals surface area contributed by atoms with E-state index in [0.717, 1.165) is 5.39 Å². The van der Waals surface area contributed by atoms with Crippen LogP contribution in [0.1, 0.15) is 5.56 Å². The highest BCUT2D eigenvalue weighted by atomic mass is 16.5. The van der Waals surface area contributed by atoms with Crippen LogP contribution < -0.4 is 10.3 Å². The number of carboxylic acids is 1. The number of ether oxygens (including phenoxy) is 1. The highest BCUT2D eigenvalue weighted by molar-refractivity contribution is 5.87. The largest absolute Gasteiger partial charge is 0.497 e. The standard InChI is InChI=1S/C13H13NO4/c1-14-11-4-3-9(18-2)7-10(11)8(5-12(14)15)6-13(16)17/h3-5,7H,6H2,1-2H3,(H,16,17). The van der Waals surface area contributed by atoms with E-state index in [1.54, 1.807) is 32.4 Å². The van der Waals surface area contributed by atoms with Crippen molar-refractivity contribution in [3.05, 3.63) is 40.2 Å². The van der Waals surface area contributed by atoms with E-state index in [1.807, 2.05) is 0 Å². The molecule has 1 aromatic heterocycles. The number of pyridine rings is 1. The molecule has 0 fully saturated rings. The fraction of sp³-hybridized carbons (Fsp3) is 0.231. The lowest BCUT2D eigenvalue weighted by Crippen LogP contribution is -2.18. The maximum Gasteiger partial charge on any atom is 0.307 e. The molecule has 2 aromatic rings. The lowest BCUT2D eigenvalue weighted by Gasteiger charge is -2.10. The minimum absolute atomic E-state index is 0.181. The van der Waals surface area contributed by atoms with Crippen molar-refractivity contribution in [1.29, 1.82) is 0 Å². The molecule has 2 rings (SSSR count). The Kier molecular flexibility index (Phi) is 3.06. The van der Waals surface area contributed by atoms with Crippen LogP contribution in [0.5, 0.6) is 5.75 Å². The first-order chi connectivity index (χ1) is 8.52. The highest BCUT2D eigenvalue weighted by Gasteiger charge is 2.10. The van der Waals surface area contributed by atoms with E-state index in [-0.39, 0.29) is 12.0 Å². The summed E-state index contributed by atoms with van der Waals surface area (Å²) in [4.78, 5) is 22.6. The first kappa shape index (κ1) is 12.2. The van der Waals surface area contributed by atoms with Crippen molar-refractivity contribution in [3.63, 3.8) is 0 Å². The summed E-state index contributed by atoms with van der Waals surface area (Å²) in [6, 6.07) is 6.59. The van der Waals surface area contributed by atoms with Gasteiger partial charge in [-0.25, -0.2) is 0 Å². The molecule has 0 atom stereocenters. The van der Waals surface area contributed by atoms with Crippen molar-refractivity contribution >= 4 is 16.9 Å². The highest BCUT2D eigenvalue weighted by Crippen LogP contribution is 2.22. The van der Waals surface area contributed by atoms with Gasteiger partial charge < -0.3 is 14.4 Å². The number of aromatic nitrogens is 1. The molecule has 0 aliphatic heterocycles. The molecular formula is C13H13NO4. The normalized spacial score (nSPS) is 10.6. The molecule has 0 radical (unpaired) electrons. The lowest BCUT2D eigenvalue weighted by molar-refractivity contribution is -0.136. The van der Waals surface area contributed by atoms with Crippen molar-refractivity contribution in [2.75, 3.05) is 7.11 Å². The van der Waals surface area contributed by atoms with Gasteiger partial charge in [-0.05, 0) is 23.8 Å². The van der Waals surface area contributed by atoms with E-state index in [2.05, 4.69) is 0 Å². The van der Waals surface area contributed by atoms with E-state index >= 15 is 0 Å². The van der Waals surface area contributed by atoms with Crippen LogP contribution in [0.25, 0.3) is 10.9 Å². The summed E-state index contributed by atoms with van der Waals surface area (Å²) in [5, 5.41) is 9.59. The predicted octanol–water partition coefficient (Wildman–Crippen LogP) is 1.17. The molecule has 1 heterocycles. The second-order valence-corrected chi connectivity index (χ2v) is 4.02. The summed E-state index contributed by atoms with van der Waals surface area (Å²) < 4.78 is 6.60. The third-order valence-corrected chi connectivity index (χ3v) is 2.88. The number of aliphatic carboxylic acids is 1. The van der Waals surface area contributed by atoms with Gasteiger partial charge >= 0.3 is 5.97 Å². The molecule has 0 saturated carbocycles. The number of benzene rings is 1. The zero-order valence-electron chi connectivity index (χ0n) is 10.1. The van der Waals surface area contributed by atoms with E-state index in [0.29, 0.717) is 16.8 Å². The van der Waals surface area contributed by atoms with Gasteiger partial charge in [0.15, 0.2) is 0 Å². The number of rotatable bonds is 3. The Morgan fingerprint density at radius 3 is 2.72 bits per heavy atom. The molecule has 1 N–H and O–H groups in total. The van der Waals surface area contributed by atoms with Gasteiger partial charge in [0.1, 0.15) is 5.75 Å². The minimum Gasteiger partial charge on any atom is -0.497 e. The van der Waals surface area contributed by atoms with Crippen LogP contribution >= 0.6 is 0 Å². The third-order valence-electron chi connectivity index (χ3n) is 2.88. The minimum atomic E-state index is -0.965. The van der Waals surface area contributed by atoms with Gasteiger partial charge in [-0.3, -0.25) is 9.59 Å². The maximum atomic E-state index is 11.7. The van der Waals surface area contributed by atoms with Crippen LogP contribution in [-0.4, -0.2) is 22.8 Å². The van der Waals surface area contributed by atoms with E-state index in [9.17, 15) is 9.59 Å². The molecule has 18 heavy (non-hydrogen) atoms. The summed E-state index contributed by atoms with van der Waals surface area (Å²) in [7, 11) is 3.20. The smallest absolute Gasteiger partial charge is 0.307 e. The Balaban J connectivity index is 2.79. The fourth-order valence-corrected chi connectivity index (χ4v) is 1.94. The zero-order chi connectivity index (χ0) is 13.3. The number of fused-ring (bicyclic) bond motifs is 1. The molecule has 5 nitrogen and oxygen atoms in total. The number of carbonyl (C=O) groups is 1. The summed E-state index contributed by atoms with van der Waals surface area (Å²) in [5.74, 6) is -0.333. The van der Waals surface area contributed by atoms with Gasteiger partial charge in [0.05, 0.1) is 19.0 Å². The Labute approximate surface area is 103 Å². The van der Waals surface area contributed by atoms with Gasteiger partial charge in [0.2, 0.25) is 0 Å². The lowest BCUT2D eigenvalue weighted by atomic mass is 10.1. The van der Waals surface area contributed by atoms with Crippen LogP contribution in [-0.2, 0) is 18.3 Å². The molecule has 0 unspecified atom stereocenters. The molecule has 0 saturated heterocycles. The van der Waals surface area contributed by atoms with Gasteiger partial charge in [-0.2, -0.15) is 0 Å². The number of hydrogen-bond donors (Lipinski definition) is 1. The van der Waals surface area contributed by atoms with Gasteiger partial charge in [0, 0.05) is 18.5 Å². The molecule has 1 aromatic carbocycles. The summed E-state index contributed by atoms with van der Waals surface area (Å²) >= 11 is 0. The maximum absolute atomic E-state index is 11.7. The van der Waals surface area contributed by atoms with Gasteiger partial charge in [-0.15, -0.1) is 0 Å². The van der Waals surface area contributed by atoms with E-state index in [1.165, 1.54) is 10.6 Å². The number of methoxy groups -OCH3 is 1. The predicted molar refractivity (Wildman–Crippen MR) is 67.1 cm³/mol. The van der Waals surface area contributed by atoms with E-state index in [4.69, 9.17) is 9.84 Å². The topological polar surface area (TPSA) is 68.5 Å². The van der Waals surface area contributed by atoms with Crippen molar-refractivity contribution in [1.82, 2.24) is 4.57 Å². The molecule has 0 spiro atoms. The molecule has 5 heteroatoms. The average Bonchev–Trinajstić information content (AvgIpc) is 2.34. The van der Waals surface area contributed by atoms with Crippen LogP contribution in [0.2, 0.25) is 0 Å².